The van der Waals surface area contributed by atoms with Crippen molar-refractivity contribution in [1.82, 2.24) is 10.6 Å². The van der Waals surface area contributed by atoms with Crippen molar-refractivity contribution in [2.45, 2.75) is 58.9 Å². The quantitative estimate of drug-likeness (QED) is 0.530. The smallest absolute Gasteiger partial charge is 0.0164 e. The van der Waals surface area contributed by atoms with Gasteiger partial charge in [-0.05, 0) is 26.4 Å². The zero-order valence-corrected chi connectivity index (χ0v) is 10.2. The van der Waals surface area contributed by atoms with Gasteiger partial charge in [-0.25, -0.2) is 0 Å². The predicted molar refractivity (Wildman–Crippen MR) is 64.8 cm³/mol. The fraction of sp³-hybridized carbons (Fsp3) is 1.00. The van der Waals surface area contributed by atoms with Gasteiger partial charge in [-0.2, -0.15) is 0 Å². The van der Waals surface area contributed by atoms with Crippen LogP contribution in [0.5, 0.6) is 0 Å². The Morgan fingerprint density at radius 2 is 1.71 bits per heavy atom. The summed E-state index contributed by atoms with van der Waals surface area (Å²) in [6.45, 7) is 9.99. The normalized spacial score (nSPS) is 13.1. The summed E-state index contributed by atoms with van der Waals surface area (Å²) in [5.41, 5.74) is 0. The van der Waals surface area contributed by atoms with E-state index in [2.05, 4.69) is 31.4 Å². The van der Waals surface area contributed by atoms with Crippen LogP contribution in [0.1, 0.15) is 52.9 Å². The molecular formula is C12H28N2. The molecule has 2 nitrogen and oxygen atoms in total. The molecule has 1 atom stereocenters. The average molecular weight is 200 g/mol. The highest BCUT2D eigenvalue weighted by atomic mass is 15.0. The Balaban J connectivity index is 3.02. The highest BCUT2D eigenvalue weighted by Crippen LogP contribution is 2.01. The third-order valence-electron chi connectivity index (χ3n) is 2.47. The molecule has 0 rings (SSSR count). The molecule has 14 heavy (non-hydrogen) atoms. The van der Waals surface area contributed by atoms with Crippen LogP contribution in [0, 0.1) is 0 Å². The largest absolute Gasteiger partial charge is 0.315 e. The van der Waals surface area contributed by atoms with E-state index in [1.807, 2.05) is 0 Å². The van der Waals surface area contributed by atoms with E-state index in [0.717, 1.165) is 13.1 Å². The van der Waals surface area contributed by atoms with Gasteiger partial charge in [0.15, 0.2) is 0 Å². The highest BCUT2D eigenvalue weighted by molar-refractivity contribution is 4.62. The van der Waals surface area contributed by atoms with Crippen LogP contribution in [0.4, 0.5) is 0 Å². The molecular weight excluding hydrogens is 172 g/mol. The van der Waals surface area contributed by atoms with Gasteiger partial charge in [-0.15, -0.1) is 0 Å². The lowest BCUT2D eigenvalue weighted by atomic mass is 10.1. The van der Waals surface area contributed by atoms with Crippen LogP contribution in [-0.2, 0) is 0 Å². The number of hydrogen-bond donors (Lipinski definition) is 2. The molecule has 0 saturated carbocycles. The van der Waals surface area contributed by atoms with Crippen molar-refractivity contribution in [1.29, 1.82) is 0 Å². The fourth-order valence-corrected chi connectivity index (χ4v) is 1.51. The highest BCUT2D eigenvalue weighted by Gasteiger charge is 1.98. The number of rotatable bonds is 10. The summed E-state index contributed by atoms with van der Waals surface area (Å²) in [7, 11) is 0. The molecule has 2 heteroatoms. The predicted octanol–water partition coefficient (Wildman–Crippen LogP) is 2.54. The van der Waals surface area contributed by atoms with E-state index in [1.165, 1.54) is 38.6 Å². The fourth-order valence-electron chi connectivity index (χ4n) is 1.51. The van der Waals surface area contributed by atoms with Gasteiger partial charge >= 0.3 is 0 Å². The lowest BCUT2D eigenvalue weighted by Crippen LogP contribution is -2.36. The molecule has 2 N–H and O–H groups in total. The Morgan fingerprint density at radius 1 is 1.00 bits per heavy atom. The third kappa shape index (κ3) is 10.0. The molecule has 0 fully saturated rings. The van der Waals surface area contributed by atoms with Crippen molar-refractivity contribution in [3.63, 3.8) is 0 Å². The lowest BCUT2D eigenvalue weighted by Gasteiger charge is -2.13. The van der Waals surface area contributed by atoms with Crippen LogP contribution in [0.2, 0.25) is 0 Å². The first-order valence-corrected chi connectivity index (χ1v) is 6.25. The van der Waals surface area contributed by atoms with E-state index in [9.17, 15) is 0 Å². The molecule has 0 spiro atoms. The summed E-state index contributed by atoms with van der Waals surface area (Å²) in [4.78, 5) is 0. The van der Waals surface area contributed by atoms with Gasteiger partial charge in [0.1, 0.15) is 0 Å². The molecule has 0 bridgehead atoms. The van der Waals surface area contributed by atoms with Gasteiger partial charge < -0.3 is 10.6 Å². The number of hydrogen-bond acceptors (Lipinski definition) is 2. The summed E-state index contributed by atoms with van der Waals surface area (Å²) >= 11 is 0. The van der Waals surface area contributed by atoms with Gasteiger partial charge in [0.05, 0.1) is 0 Å². The first kappa shape index (κ1) is 13.9. The summed E-state index contributed by atoms with van der Waals surface area (Å²) in [5.74, 6) is 0. The van der Waals surface area contributed by atoms with Crippen molar-refractivity contribution in [3.8, 4) is 0 Å². The van der Waals surface area contributed by atoms with E-state index in [0.29, 0.717) is 6.04 Å². The standard InChI is InChI=1S/C12H28N2/c1-4-6-7-8-9-10-14-12(3)11-13-5-2/h12-14H,4-11H2,1-3H3. The number of nitrogens with one attached hydrogen (secondary N) is 2. The summed E-state index contributed by atoms with van der Waals surface area (Å²) in [6, 6.07) is 0.612. The molecule has 0 aliphatic rings. The molecule has 1 unspecified atom stereocenters. The summed E-state index contributed by atoms with van der Waals surface area (Å²) in [5, 5.41) is 6.88. The van der Waals surface area contributed by atoms with Crippen molar-refractivity contribution in [2.24, 2.45) is 0 Å². The van der Waals surface area contributed by atoms with E-state index < -0.39 is 0 Å². The zero-order chi connectivity index (χ0) is 10.6. The van der Waals surface area contributed by atoms with E-state index in [-0.39, 0.29) is 0 Å². The van der Waals surface area contributed by atoms with Gasteiger partial charge in [-0.3, -0.25) is 0 Å². The number of likely N-dealkylation sites (N-methyl/N-ethyl adjacent to an activating group) is 1. The van der Waals surface area contributed by atoms with Gasteiger partial charge in [0, 0.05) is 12.6 Å². The maximum atomic E-state index is 3.53. The molecule has 0 aromatic heterocycles. The van der Waals surface area contributed by atoms with Crippen molar-refractivity contribution in [2.75, 3.05) is 19.6 Å². The molecule has 86 valence electrons. The van der Waals surface area contributed by atoms with Crippen LogP contribution in [0.25, 0.3) is 0 Å². The Labute approximate surface area is 89.9 Å². The van der Waals surface area contributed by atoms with Gasteiger partial charge in [0.25, 0.3) is 0 Å². The Bertz CT molecular complexity index is 104. The molecule has 0 aliphatic carbocycles. The summed E-state index contributed by atoms with van der Waals surface area (Å²) in [6.07, 6.45) is 6.85. The van der Waals surface area contributed by atoms with Crippen LogP contribution in [0.3, 0.4) is 0 Å². The van der Waals surface area contributed by atoms with E-state index >= 15 is 0 Å². The third-order valence-corrected chi connectivity index (χ3v) is 2.47. The second-order valence-corrected chi connectivity index (χ2v) is 4.08. The summed E-state index contributed by atoms with van der Waals surface area (Å²) < 4.78 is 0. The van der Waals surface area contributed by atoms with Gasteiger partial charge in [0.2, 0.25) is 0 Å². The van der Waals surface area contributed by atoms with Crippen molar-refractivity contribution < 1.29 is 0 Å². The number of unbranched alkanes of at least 4 members (excludes halogenated alkanes) is 4. The van der Waals surface area contributed by atoms with Crippen LogP contribution in [-0.4, -0.2) is 25.7 Å². The molecule has 0 saturated heterocycles. The van der Waals surface area contributed by atoms with Crippen LogP contribution < -0.4 is 10.6 Å². The Morgan fingerprint density at radius 3 is 2.36 bits per heavy atom. The van der Waals surface area contributed by atoms with E-state index in [1.54, 1.807) is 0 Å². The minimum atomic E-state index is 0.612. The topological polar surface area (TPSA) is 24.1 Å². The molecule has 0 amide bonds. The Hall–Kier alpha value is -0.0800. The molecule has 0 radical (unpaired) electrons. The average Bonchev–Trinajstić information content (AvgIpc) is 2.20. The van der Waals surface area contributed by atoms with E-state index in [4.69, 9.17) is 0 Å². The minimum Gasteiger partial charge on any atom is -0.315 e. The molecule has 0 heterocycles. The first-order valence-electron chi connectivity index (χ1n) is 6.25. The van der Waals surface area contributed by atoms with Crippen molar-refractivity contribution >= 4 is 0 Å². The Kier molecular flexibility index (Phi) is 10.9. The SMILES string of the molecule is CCCCCCCNC(C)CNCC. The lowest BCUT2D eigenvalue weighted by molar-refractivity contribution is 0.490. The molecule has 0 aliphatic heterocycles. The first-order chi connectivity index (χ1) is 6.81. The second-order valence-electron chi connectivity index (χ2n) is 4.08. The van der Waals surface area contributed by atoms with Crippen LogP contribution >= 0.6 is 0 Å². The van der Waals surface area contributed by atoms with Crippen LogP contribution in [0.15, 0.2) is 0 Å². The maximum Gasteiger partial charge on any atom is 0.0164 e. The van der Waals surface area contributed by atoms with Crippen molar-refractivity contribution in [3.05, 3.63) is 0 Å². The zero-order valence-electron chi connectivity index (χ0n) is 10.2. The molecule has 0 aromatic rings. The maximum absolute atomic E-state index is 3.53. The molecule has 0 aromatic carbocycles. The minimum absolute atomic E-state index is 0.612. The monoisotopic (exact) mass is 200 g/mol. The second kappa shape index (κ2) is 11.0. The van der Waals surface area contributed by atoms with Gasteiger partial charge in [-0.1, -0.05) is 39.5 Å².